The van der Waals surface area contributed by atoms with Gasteiger partial charge in [0.15, 0.2) is 16.3 Å². The van der Waals surface area contributed by atoms with E-state index in [1.54, 1.807) is 0 Å². The molecule has 0 amide bonds. The Balaban J connectivity index is 3.65. The molecule has 1 atom stereocenters. The second kappa shape index (κ2) is 6.65. The molecule has 0 aliphatic heterocycles. The third-order valence-electron chi connectivity index (χ3n) is 1.81. The summed E-state index contributed by atoms with van der Waals surface area (Å²) in [6.07, 6.45) is 4.04. The summed E-state index contributed by atoms with van der Waals surface area (Å²) in [7, 11) is 0. The third-order valence-corrected chi connectivity index (χ3v) is 2.13. The van der Waals surface area contributed by atoms with Crippen molar-refractivity contribution in [2.75, 3.05) is 0 Å². The molecular weight excluding hydrogens is 208 g/mol. The van der Waals surface area contributed by atoms with E-state index < -0.39 is 0 Å². The van der Waals surface area contributed by atoms with Crippen LogP contribution in [0.25, 0.3) is 0 Å². The Hall–Kier alpha value is -0.0500. The SMILES string of the molecule is CCCCC(CC)C(=O)OBr. The van der Waals surface area contributed by atoms with Crippen molar-refractivity contribution in [1.82, 2.24) is 0 Å². The van der Waals surface area contributed by atoms with Gasteiger partial charge < -0.3 is 3.83 Å². The van der Waals surface area contributed by atoms with E-state index >= 15 is 0 Å². The van der Waals surface area contributed by atoms with Crippen LogP contribution in [0.5, 0.6) is 0 Å². The molecule has 0 radical (unpaired) electrons. The molecule has 0 aliphatic carbocycles. The lowest BCUT2D eigenvalue weighted by Crippen LogP contribution is -2.12. The predicted octanol–water partition coefficient (Wildman–Crippen LogP) is 3.06. The van der Waals surface area contributed by atoms with Gasteiger partial charge in [0.1, 0.15) is 0 Å². The molecule has 0 bridgehead atoms. The summed E-state index contributed by atoms with van der Waals surface area (Å²) in [6.45, 7) is 4.12. The van der Waals surface area contributed by atoms with Gasteiger partial charge in [-0.3, -0.25) is 4.79 Å². The van der Waals surface area contributed by atoms with E-state index in [0.717, 1.165) is 25.7 Å². The lowest BCUT2D eigenvalue weighted by Gasteiger charge is -2.09. The number of unbranched alkanes of at least 4 members (excludes halogenated alkanes) is 1. The molecule has 66 valence electrons. The maximum absolute atomic E-state index is 11.0. The first kappa shape index (κ1) is 11.0. The van der Waals surface area contributed by atoms with Crippen molar-refractivity contribution in [2.45, 2.75) is 39.5 Å². The van der Waals surface area contributed by atoms with Crippen molar-refractivity contribution in [2.24, 2.45) is 5.92 Å². The molecule has 0 aliphatic rings. The summed E-state index contributed by atoms with van der Waals surface area (Å²) in [4.78, 5) is 11.0. The quantitative estimate of drug-likeness (QED) is 0.715. The van der Waals surface area contributed by atoms with Crippen LogP contribution in [0.3, 0.4) is 0 Å². The van der Waals surface area contributed by atoms with E-state index in [9.17, 15) is 4.79 Å². The van der Waals surface area contributed by atoms with Gasteiger partial charge in [-0.05, 0) is 12.8 Å². The standard InChI is InChI=1S/C8H15BrO2/c1-3-5-6-7(4-2)8(10)11-9/h7H,3-6H2,1-2H3. The van der Waals surface area contributed by atoms with Crippen LogP contribution < -0.4 is 0 Å². The summed E-state index contributed by atoms with van der Waals surface area (Å²) in [6, 6.07) is 0. The molecule has 0 N–H and O–H groups in total. The van der Waals surface area contributed by atoms with Crippen LogP contribution in [0, 0.1) is 5.92 Å². The van der Waals surface area contributed by atoms with Gasteiger partial charge in [0, 0.05) is 0 Å². The Kier molecular flexibility index (Phi) is 6.62. The van der Waals surface area contributed by atoms with Crippen LogP contribution in [-0.4, -0.2) is 5.97 Å². The molecule has 0 heterocycles. The first-order valence-corrected chi connectivity index (χ1v) is 4.73. The fourth-order valence-electron chi connectivity index (χ4n) is 1.00. The summed E-state index contributed by atoms with van der Waals surface area (Å²) in [5, 5.41) is 0. The van der Waals surface area contributed by atoms with Crippen LogP contribution in [0.2, 0.25) is 0 Å². The third kappa shape index (κ3) is 4.40. The van der Waals surface area contributed by atoms with E-state index in [2.05, 4.69) is 27.0 Å². The highest BCUT2D eigenvalue weighted by Gasteiger charge is 2.16. The Morgan fingerprint density at radius 2 is 2.18 bits per heavy atom. The van der Waals surface area contributed by atoms with Gasteiger partial charge in [-0.25, -0.2) is 0 Å². The Morgan fingerprint density at radius 1 is 1.55 bits per heavy atom. The van der Waals surface area contributed by atoms with E-state index in [0.29, 0.717) is 0 Å². The highest BCUT2D eigenvalue weighted by atomic mass is 79.9. The summed E-state index contributed by atoms with van der Waals surface area (Å²) in [5.41, 5.74) is 0. The van der Waals surface area contributed by atoms with Crippen molar-refractivity contribution < 1.29 is 8.62 Å². The van der Waals surface area contributed by atoms with Crippen LogP contribution in [0.15, 0.2) is 0 Å². The minimum atomic E-state index is -0.138. The molecule has 0 aromatic carbocycles. The van der Waals surface area contributed by atoms with Gasteiger partial charge in [-0.1, -0.05) is 26.7 Å². The topological polar surface area (TPSA) is 26.3 Å². The number of rotatable bonds is 5. The maximum Gasteiger partial charge on any atom is 0.320 e. The summed E-state index contributed by atoms with van der Waals surface area (Å²) in [5.74, 6) is -0.0599. The second-order valence-electron chi connectivity index (χ2n) is 2.64. The molecule has 0 fully saturated rings. The molecule has 3 heteroatoms. The average molecular weight is 223 g/mol. The molecule has 0 saturated carbocycles. The number of hydrogen-bond acceptors (Lipinski definition) is 2. The fourth-order valence-corrected chi connectivity index (χ4v) is 1.27. The maximum atomic E-state index is 11.0. The van der Waals surface area contributed by atoms with E-state index in [4.69, 9.17) is 0 Å². The number of carbonyl (C=O) groups excluding carboxylic acids is 1. The first-order chi connectivity index (χ1) is 5.26. The van der Waals surface area contributed by atoms with Gasteiger partial charge in [-0.2, -0.15) is 0 Å². The smallest absolute Gasteiger partial charge is 0.320 e. The van der Waals surface area contributed by atoms with Crippen LogP contribution in [-0.2, 0) is 8.62 Å². The zero-order valence-corrected chi connectivity index (χ0v) is 8.69. The van der Waals surface area contributed by atoms with Gasteiger partial charge in [0.25, 0.3) is 0 Å². The van der Waals surface area contributed by atoms with Crippen molar-refractivity contribution in [3.63, 3.8) is 0 Å². The van der Waals surface area contributed by atoms with Crippen molar-refractivity contribution in [3.8, 4) is 0 Å². The normalized spacial score (nSPS) is 12.6. The molecule has 11 heavy (non-hydrogen) atoms. The van der Waals surface area contributed by atoms with Crippen LogP contribution in [0.4, 0.5) is 0 Å². The Morgan fingerprint density at radius 3 is 2.55 bits per heavy atom. The summed E-state index contributed by atoms with van der Waals surface area (Å²) < 4.78 is 4.47. The molecule has 0 rings (SSSR count). The zero-order valence-electron chi connectivity index (χ0n) is 7.10. The number of halogens is 1. The van der Waals surface area contributed by atoms with Crippen molar-refractivity contribution >= 4 is 22.2 Å². The van der Waals surface area contributed by atoms with Gasteiger partial charge in [0.05, 0.1) is 5.92 Å². The predicted molar refractivity (Wildman–Crippen MR) is 48.3 cm³/mol. The summed E-state index contributed by atoms with van der Waals surface area (Å²) >= 11 is 2.70. The Bertz CT molecular complexity index is 115. The average Bonchev–Trinajstić information content (AvgIpc) is 2.05. The van der Waals surface area contributed by atoms with Crippen LogP contribution >= 0.6 is 16.3 Å². The molecular formula is C8H15BrO2. The largest absolute Gasteiger partial charge is 0.383 e. The number of carbonyl (C=O) groups is 1. The minimum Gasteiger partial charge on any atom is -0.383 e. The Labute approximate surface area is 76.8 Å². The molecule has 0 aromatic rings. The number of hydrogen-bond donors (Lipinski definition) is 0. The van der Waals surface area contributed by atoms with E-state index in [1.165, 1.54) is 0 Å². The first-order valence-electron chi connectivity index (χ1n) is 4.08. The van der Waals surface area contributed by atoms with Crippen molar-refractivity contribution in [1.29, 1.82) is 0 Å². The minimum absolute atomic E-state index is 0.0781. The molecule has 1 unspecified atom stereocenters. The fraction of sp³-hybridized carbons (Fsp3) is 0.875. The monoisotopic (exact) mass is 222 g/mol. The van der Waals surface area contributed by atoms with E-state index in [-0.39, 0.29) is 11.9 Å². The van der Waals surface area contributed by atoms with Crippen LogP contribution in [0.1, 0.15) is 39.5 Å². The highest BCUT2D eigenvalue weighted by Crippen LogP contribution is 2.15. The lowest BCUT2D eigenvalue weighted by atomic mass is 10.00. The zero-order chi connectivity index (χ0) is 8.69. The molecule has 0 spiro atoms. The molecule has 0 saturated heterocycles. The lowest BCUT2D eigenvalue weighted by molar-refractivity contribution is -0.137. The van der Waals surface area contributed by atoms with Gasteiger partial charge >= 0.3 is 5.97 Å². The van der Waals surface area contributed by atoms with E-state index in [1.807, 2.05) is 6.92 Å². The van der Waals surface area contributed by atoms with Gasteiger partial charge in [-0.15, -0.1) is 0 Å². The van der Waals surface area contributed by atoms with Gasteiger partial charge in [0.2, 0.25) is 0 Å². The highest BCUT2D eigenvalue weighted by molar-refractivity contribution is 9.06. The van der Waals surface area contributed by atoms with Crippen molar-refractivity contribution in [3.05, 3.63) is 0 Å². The molecule has 2 nitrogen and oxygen atoms in total. The molecule has 0 aromatic heterocycles. The second-order valence-corrected chi connectivity index (χ2v) is 2.97.